The van der Waals surface area contributed by atoms with Crippen LogP contribution in [0, 0.1) is 0 Å². The summed E-state index contributed by atoms with van der Waals surface area (Å²) in [5, 5.41) is 0. The normalized spacial score (nSPS) is 15.8. The van der Waals surface area contributed by atoms with Crippen LogP contribution in [0.1, 0.15) is 36.0 Å². The van der Waals surface area contributed by atoms with Gasteiger partial charge in [-0.15, -0.1) is 0 Å². The second-order valence-corrected chi connectivity index (χ2v) is 5.26. The van der Waals surface area contributed by atoms with Gasteiger partial charge in [0.2, 0.25) is 0 Å². The first-order valence-corrected chi connectivity index (χ1v) is 7.43. The first-order valence-electron chi connectivity index (χ1n) is 7.43. The Labute approximate surface area is 120 Å². The minimum atomic E-state index is 0.551. The number of nitrogens with one attached hydrogen (secondary N) is 1. The van der Waals surface area contributed by atoms with E-state index in [0.717, 1.165) is 19.3 Å². The van der Waals surface area contributed by atoms with Crippen molar-refractivity contribution in [3.05, 3.63) is 23.8 Å². The van der Waals surface area contributed by atoms with E-state index >= 15 is 0 Å². The Morgan fingerprint density at radius 1 is 1.25 bits per heavy atom. The maximum Gasteiger partial charge on any atom is 0.171 e. The molecule has 4 nitrogen and oxygen atoms in total. The van der Waals surface area contributed by atoms with Crippen molar-refractivity contribution in [3.8, 4) is 11.5 Å². The predicted molar refractivity (Wildman–Crippen MR) is 77.9 cm³/mol. The molecule has 1 aliphatic heterocycles. The standard InChI is InChI=1S/C16H23NO3/c1-19-15-8-5-7-14(13-18)16(15)20-12-6-11-17-9-3-2-4-10-17/h5,7-8,13H,2-4,6,9-12H2,1H3/p+1. The van der Waals surface area contributed by atoms with Crippen molar-refractivity contribution in [2.45, 2.75) is 25.7 Å². The molecule has 1 saturated heterocycles. The number of piperidine rings is 1. The van der Waals surface area contributed by atoms with Gasteiger partial charge in [-0.3, -0.25) is 4.79 Å². The quantitative estimate of drug-likeness (QED) is 0.604. The lowest BCUT2D eigenvalue weighted by molar-refractivity contribution is -0.905. The number of ether oxygens (including phenoxy) is 2. The third-order valence-electron chi connectivity index (χ3n) is 3.84. The zero-order valence-electron chi connectivity index (χ0n) is 12.2. The number of hydrogen-bond acceptors (Lipinski definition) is 3. The van der Waals surface area contributed by atoms with Crippen LogP contribution in [0.3, 0.4) is 0 Å². The molecule has 1 aromatic rings. The van der Waals surface area contributed by atoms with E-state index in [0.29, 0.717) is 23.7 Å². The molecule has 2 rings (SSSR count). The molecule has 1 fully saturated rings. The second kappa shape index (κ2) is 7.90. The molecule has 0 aliphatic carbocycles. The van der Waals surface area contributed by atoms with Gasteiger partial charge in [-0.2, -0.15) is 0 Å². The Bertz CT molecular complexity index is 428. The highest BCUT2D eigenvalue weighted by Crippen LogP contribution is 2.29. The number of hydrogen-bond donors (Lipinski definition) is 1. The van der Waals surface area contributed by atoms with Crippen LogP contribution in [0.15, 0.2) is 18.2 Å². The fraction of sp³-hybridized carbons (Fsp3) is 0.562. The van der Waals surface area contributed by atoms with Gasteiger partial charge in [0.15, 0.2) is 17.8 Å². The van der Waals surface area contributed by atoms with E-state index in [-0.39, 0.29) is 0 Å². The maximum atomic E-state index is 11.0. The molecule has 0 radical (unpaired) electrons. The van der Waals surface area contributed by atoms with Gasteiger partial charge in [-0.25, -0.2) is 0 Å². The Morgan fingerprint density at radius 3 is 2.75 bits per heavy atom. The number of aldehydes is 1. The van der Waals surface area contributed by atoms with Gasteiger partial charge in [-0.1, -0.05) is 6.07 Å². The molecule has 110 valence electrons. The molecule has 1 aliphatic rings. The lowest BCUT2D eigenvalue weighted by Gasteiger charge is -2.23. The number of carbonyl (C=O) groups excluding carboxylic acids is 1. The van der Waals surface area contributed by atoms with Crippen LogP contribution < -0.4 is 14.4 Å². The SMILES string of the molecule is COc1cccc(C=O)c1OCCC[NH+]1CCCCC1. The molecule has 1 heterocycles. The van der Waals surface area contributed by atoms with Gasteiger partial charge in [-0.05, 0) is 31.4 Å². The number of rotatable bonds is 7. The Kier molecular flexibility index (Phi) is 5.87. The minimum absolute atomic E-state index is 0.551. The molecule has 20 heavy (non-hydrogen) atoms. The molecule has 0 bridgehead atoms. The summed E-state index contributed by atoms with van der Waals surface area (Å²) in [6.45, 7) is 4.35. The maximum absolute atomic E-state index is 11.0. The smallest absolute Gasteiger partial charge is 0.171 e. The number of carbonyl (C=O) groups is 1. The highest BCUT2D eigenvalue weighted by molar-refractivity contribution is 5.81. The summed E-state index contributed by atoms with van der Waals surface area (Å²) in [6, 6.07) is 5.37. The molecular weight excluding hydrogens is 254 g/mol. The summed E-state index contributed by atoms with van der Waals surface area (Å²) in [4.78, 5) is 12.7. The molecule has 0 saturated carbocycles. The molecule has 0 aromatic heterocycles. The van der Waals surface area contributed by atoms with Gasteiger partial charge in [0.25, 0.3) is 0 Å². The lowest BCUT2D eigenvalue weighted by Crippen LogP contribution is -3.12. The van der Waals surface area contributed by atoms with Crippen LogP contribution in [0.25, 0.3) is 0 Å². The van der Waals surface area contributed by atoms with Crippen molar-refractivity contribution in [3.63, 3.8) is 0 Å². The third-order valence-corrected chi connectivity index (χ3v) is 3.84. The van der Waals surface area contributed by atoms with E-state index in [4.69, 9.17) is 9.47 Å². The summed E-state index contributed by atoms with van der Waals surface area (Å²) >= 11 is 0. The number of methoxy groups -OCH3 is 1. The molecule has 1 aromatic carbocycles. The largest absolute Gasteiger partial charge is 0.493 e. The summed E-state index contributed by atoms with van der Waals surface area (Å²) in [7, 11) is 1.59. The van der Waals surface area contributed by atoms with Crippen molar-refractivity contribution >= 4 is 6.29 Å². The van der Waals surface area contributed by atoms with Crippen molar-refractivity contribution in [2.75, 3.05) is 33.4 Å². The van der Waals surface area contributed by atoms with Gasteiger partial charge in [0, 0.05) is 6.42 Å². The van der Waals surface area contributed by atoms with Crippen LogP contribution in [0.4, 0.5) is 0 Å². The van der Waals surface area contributed by atoms with Gasteiger partial charge in [0.1, 0.15) is 0 Å². The lowest BCUT2D eigenvalue weighted by atomic mass is 10.1. The van der Waals surface area contributed by atoms with Crippen LogP contribution in [-0.2, 0) is 0 Å². The summed E-state index contributed by atoms with van der Waals surface area (Å²) < 4.78 is 11.0. The average Bonchev–Trinajstić information content (AvgIpc) is 2.52. The topological polar surface area (TPSA) is 40.0 Å². The van der Waals surface area contributed by atoms with E-state index < -0.39 is 0 Å². The van der Waals surface area contributed by atoms with Crippen LogP contribution in [-0.4, -0.2) is 39.6 Å². The molecule has 1 N–H and O–H groups in total. The predicted octanol–water partition coefficient (Wildman–Crippen LogP) is 1.35. The number of benzene rings is 1. The highest BCUT2D eigenvalue weighted by atomic mass is 16.5. The minimum Gasteiger partial charge on any atom is -0.493 e. The summed E-state index contributed by atoms with van der Waals surface area (Å²) in [6.07, 6.45) is 5.89. The molecule has 0 spiro atoms. The first kappa shape index (κ1) is 14.9. The molecule has 0 unspecified atom stereocenters. The fourth-order valence-electron chi connectivity index (χ4n) is 2.74. The van der Waals surface area contributed by atoms with E-state index in [9.17, 15) is 4.79 Å². The average molecular weight is 278 g/mol. The van der Waals surface area contributed by atoms with Crippen LogP contribution in [0.2, 0.25) is 0 Å². The van der Waals surface area contributed by atoms with E-state index in [1.807, 2.05) is 6.07 Å². The number of para-hydroxylation sites is 1. The van der Waals surface area contributed by atoms with Crippen molar-refractivity contribution < 1.29 is 19.2 Å². The van der Waals surface area contributed by atoms with E-state index in [1.165, 1.54) is 32.4 Å². The molecule has 0 atom stereocenters. The van der Waals surface area contributed by atoms with Crippen molar-refractivity contribution in [2.24, 2.45) is 0 Å². The van der Waals surface area contributed by atoms with Crippen LogP contribution in [0.5, 0.6) is 11.5 Å². The van der Waals surface area contributed by atoms with Crippen molar-refractivity contribution in [1.82, 2.24) is 0 Å². The fourth-order valence-corrected chi connectivity index (χ4v) is 2.74. The Hall–Kier alpha value is -1.55. The number of likely N-dealkylation sites (tertiary alicyclic amines) is 1. The van der Waals surface area contributed by atoms with E-state index in [2.05, 4.69) is 0 Å². The van der Waals surface area contributed by atoms with Gasteiger partial charge >= 0.3 is 0 Å². The summed E-state index contributed by atoms with van der Waals surface area (Å²) in [5.41, 5.74) is 0.551. The summed E-state index contributed by atoms with van der Waals surface area (Å²) in [5.74, 6) is 1.19. The monoisotopic (exact) mass is 278 g/mol. The molecule has 4 heteroatoms. The zero-order chi connectivity index (χ0) is 14.2. The van der Waals surface area contributed by atoms with Crippen molar-refractivity contribution in [1.29, 1.82) is 0 Å². The molecular formula is C16H24NO3+. The van der Waals surface area contributed by atoms with Crippen LogP contribution >= 0.6 is 0 Å². The second-order valence-electron chi connectivity index (χ2n) is 5.26. The first-order chi connectivity index (χ1) is 9.85. The Balaban J connectivity index is 1.82. The van der Waals surface area contributed by atoms with Gasteiger partial charge < -0.3 is 14.4 Å². The molecule has 0 amide bonds. The number of quaternary nitrogens is 1. The third kappa shape index (κ3) is 3.97. The van der Waals surface area contributed by atoms with Gasteiger partial charge in [0.05, 0.1) is 38.9 Å². The Morgan fingerprint density at radius 2 is 2.05 bits per heavy atom. The zero-order valence-corrected chi connectivity index (χ0v) is 12.2. The highest BCUT2D eigenvalue weighted by Gasteiger charge is 2.14. The van der Waals surface area contributed by atoms with E-state index in [1.54, 1.807) is 24.1 Å².